The predicted molar refractivity (Wildman–Crippen MR) is 154 cm³/mol. The van der Waals surface area contributed by atoms with Crippen LogP contribution in [-0.2, 0) is 20.9 Å². The molecule has 6 rings (SSSR count). The summed E-state index contributed by atoms with van der Waals surface area (Å²) >= 11 is 0. The number of aliphatic carboxylic acids is 1. The van der Waals surface area contributed by atoms with Gasteiger partial charge < -0.3 is 20.1 Å². The van der Waals surface area contributed by atoms with E-state index in [2.05, 4.69) is 34.5 Å². The van der Waals surface area contributed by atoms with Crippen LogP contribution in [-0.4, -0.2) is 70.7 Å². The molecular weight excluding hydrogens is 518 g/mol. The maximum absolute atomic E-state index is 14.1. The molecular formula is C33H35N3O5. The zero-order chi connectivity index (χ0) is 28.4. The van der Waals surface area contributed by atoms with E-state index in [0.29, 0.717) is 39.0 Å². The van der Waals surface area contributed by atoms with Crippen LogP contribution in [0.25, 0.3) is 11.1 Å². The third-order valence-electron chi connectivity index (χ3n) is 8.74. The zero-order valence-corrected chi connectivity index (χ0v) is 23.0. The van der Waals surface area contributed by atoms with Crippen LogP contribution >= 0.6 is 0 Å². The molecule has 0 bridgehead atoms. The summed E-state index contributed by atoms with van der Waals surface area (Å²) in [6, 6.07) is 26.0. The first-order valence-electron chi connectivity index (χ1n) is 14.4. The van der Waals surface area contributed by atoms with Crippen molar-refractivity contribution in [3.8, 4) is 11.1 Å². The highest BCUT2D eigenvalue weighted by Crippen LogP contribution is 2.44. The molecule has 8 nitrogen and oxygen atoms in total. The van der Waals surface area contributed by atoms with Gasteiger partial charge in [0.2, 0.25) is 5.91 Å². The van der Waals surface area contributed by atoms with Crippen LogP contribution in [0.4, 0.5) is 4.79 Å². The summed E-state index contributed by atoms with van der Waals surface area (Å²) in [6.45, 7) is 2.26. The van der Waals surface area contributed by atoms with E-state index in [1.165, 1.54) is 0 Å². The highest BCUT2D eigenvalue weighted by atomic mass is 16.5. The Bertz CT molecular complexity index is 1400. The lowest BCUT2D eigenvalue weighted by Gasteiger charge is -2.35. The van der Waals surface area contributed by atoms with Crippen LogP contribution in [0, 0.1) is 0 Å². The molecule has 2 N–H and O–H groups in total. The fourth-order valence-corrected chi connectivity index (χ4v) is 6.82. The molecule has 2 atom stereocenters. The van der Waals surface area contributed by atoms with Crippen LogP contribution in [0.2, 0.25) is 0 Å². The van der Waals surface area contributed by atoms with E-state index in [4.69, 9.17) is 4.74 Å². The molecule has 2 fully saturated rings. The molecule has 3 aromatic carbocycles. The number of ether oxygens (including phenoxy) is 1. The van der Waals surface area contributed by atoms with Crippen molar-refractivity contribution >= 4 is 18.0 Å². The summed E-state index contributed by atoms with van der Waals surface area (Å²) in [5.74, 6) is -1.23. The highest BCUT2D eigenvalue weighted by molar-refractivity contribution is 5.91. The molecule has 0 radical (unpaired) electrons. The summed E-state index contributed by atoms with van der Waals surface area (Å²) in [5.41, 5.74) is 4.48. The Morgan fingerprint density at radius 1 is 0.902 bits per heavy atom. The Labute approximate surface area is 239 Å². The van der Waals surface area contributed by atoms with Gasteiger partial charge in [-0.05, 0) is 47.1 Å². The summed E-state index contributed by atoms with van der Waals surface area (Å²) in [6.07, 6.45) is 1.10. The molecule has 3 aromatic rings. The van der Waals surface area contributed by atoms with Crippen molar-refractivity contribution in [2.75, 3.05) is 26.2 Å². The lowest BCUT2D eigenvalue weighted by Crippen LogP contribution is -2.62. The van der Waals surface area contributed by atoms with Crippen LogP contribution in [0.1, 0.15) is 48.3 Å². The summed E-state index contributed by atoms with van der Waals surface area (Å²) in [7, 11) is 0. The van der Waals surface area contributed by atoms with Gasteiger partial charge in [0.15, 0.2) is 0 Å². The maximum Gasteiger partial charge on any atom is 0.408 e. The van der Waals surface area contributed by atoms with Gasteiger partial charge >= 0.3 is 12.1 Å². The molecule has 0 spiro atoms. The first-order valence-corrected chi connectivity index (χ1v) is 14.4. The second kappa shape index (κ2) is 11.4. The number of nitrogens with one attached hydrogen (secondary N) is 1. The number of carbonyl (C=O) groups is 3. The molecule has 2 saturated heterocycles. The molecule has 0 aromatic heterocycles. The van der Waals surface area contributed by atoms with Crippen LogP contribution < -0.4 is 5.32 Å². The first kappa shape index (κ1) is 27.0. The summed E-state index contributed by atoms with van der Waals surface area (Å²) < 4.78 is 5.85. The highest BCUT2D eigenvalue weighted by Gasteiger charge is 2.50. The lowest BCUT2D eigenvalue weighted by molar-refractivity contribution is -0.142. The van der Waals surface area contributed by atoms with Gasteiger partial charge in [0.1, 0.15) is 12.1 Å². The van der Waals surface area contributed by atoms with Gasteiger partial charge in [-0.1, -0.05) is 78.9 Å². The fourth-order valence-electron chi connectivity index (χ4n) is 6.82. The monoisotopic (exact) mass is 553 g/mol. The number of fused-ring (bicyclic) bond motifs is 3. The van der Waals surface area contributed by atoms with E-state index in [9.17, 15) is 19.5 Å². The van der Waals surface area contributed by atoms with E-state index in [0.717, 1.165) is 34.2 Å². The molecule has 0 saturated carbocycles. The second-order valence-corrected chi connectivity index (χ2v) is 11.4. The number of rotatable bonds is 8. The van der Waals surface area contributed by atoms with E-state index in [-0.39, 0.29) is 30.9 Å². The molecule has 212 valence electrons. The largest absolute Gasteiger partial charge is 0.481 e. The quantitative estimate of drug-likeness (QED) is 0.422. The number of alkyl carbamates (subject to hydrolysis) is 1. The van der Waals surface area contributed by atoms with Crippen molar-refractivity contribution in [2.24, 2.45) is 0 Å². The average molecular weight is 554 g/mol. The van der Waals surface area contributed by atoms with Crippen molar-refractivity contribution in [3.63, 3.8) is 0 Å². The normalized spacial score (nSPS) is 21.9. The number of hydrogen-bond acceptors (Lipinski definition) is 5. The summed E-state index contributed by atoms with van der Waals surface area (Å²) in [4.78, 5) is 42.9. The maximum atomic E-state index is 14.1. The Morgan fingerprint density at radius 2 is 1.56 bits per heavy atom. The molecule has 41 heavy (non-hydrogen) atoms. The molecule has 2 amide bonds. The number of likely N-dealkylation sites (tertiary alicyclic amines) is 2. The Kier molecular flexibility index (Phi) is 7.49. The minimum Gasteiger partial charge on any atom is -0.481 e. The Balaban J connectivity index is 1.20. The van der Waals surface area contributed by atoms with E-state index >= 15 is 0 Å². The molecule has 2 heterocycles. The van der Waals surface area contributed by atoms with Crippen LogP contribution in [0.3, 0.4) is 0 Å². The van der Waals surface area contributed by atoms with Gasteiger partial charge in [0, 0.05) is 38.1 Å². The zero-order valence-electron chi connectivity index (χ0n) is 23.0. The number of carboxylic acid groups (broad SMARTS) is 1. The molecule has 2 aliphatic heterocycles. The third kappa shape index (κ3) is 5.44. The Morgan fingerprint density at radius 3 is 2.24 bits per heavy atom. The van der Waals surface area contributed by atoms with Crippen LogP contribution in [0.15, 0.2) is 78.9 Å². The minimum atomic E-state index is -1.18. The summed E-state index contributed by atoms with van der Waals surface area (Å²) in [5, 5.41) is 12.4. The predicted octanol–water partition coefficient (Wildman–Crippen LogP) is 4.64. The molecule has 1 unspecified atom stereocenters. The van der Waals surface area contributed by atoms with Crippen molar-refractivity contribution in [2.45, 2.75) is 49.7 Å². The number of carbonyl (C=O) groups excluding carboxylic acids is 2. The number of benzene rings is 3. The van der Waals surface area contributed by atoms with E-state index in [1.807, 2.05) is 54.6 Å². The first-order chi connectivity index (χ1) is 19.9. The lowest BCUT2D eigenvalue weighted by atomic mass is 9.95. The molecule has 1 aliphatic carbocycles. The number of nitrogens with zero attached hydrogens (tertiary/aromatic N) is 2. The minimum absolute atomic E-state index is 0.0866. The standard InChI is InChI=1S/C33H35N3O5/c37-30(38)19-24-11-8-17-36(24)31(39)33(16-18-35(22-33)20-23-9-2-1-3-10-23)34-32(40)41-21-29-27-14-6-4-12-25(27)26-13-5-7-15-28(26)29/h1-7,9-10,12-15,24,29H,8,11,16-22H2,(H,34,40)(H,37,38)/t24-,33?/m0/s1. The third-order valence-corrected chi connectivity index (χ3v) is 8.74. The Hall–Kier alpha value is -4.17. The average Bonchev–Trinajstić information content (AvgIpc) is 3.68. The van der Waals surface area contributed by atoms with Gasteiger partial charge in [-0.2, -0.15) is 0 Å². The number of amides is 2. The van der Waals surface area contributed by atoms with Gasteiger partial charge in [0.25, 0.3) is 0 Å². The van der Waals surface area contributed by atoms with Crippen molar-refractivity contribution in [1.29, 1.82) is 0 Å². The number of carboxylic acids is 1. The van der Waals surface area contributed by atoms with E-state index in [1.54, 1.807) is 4.90 Å². The van der Waals surface area contributed by atoms with Crippen molar-refractivity contribution in [1.82, 2.24) is 15.1 Å². The molecule has 8 heteroatoms. The number of hydrogen-bond donors (Lipinski definition) is 2. The second-order valence-electron chi connectivity index (χ2n) is 11.4. The molecule has 3 aliphatic rings. The van der Waals surface area contributed by atoms with Gasteiger partial charge in [0.05, 0.1) is 6.42 Å². The van der Waals surface area contributed by atoms with Gasteiger partial charge in [-0.3, -0.25) is 14.5 Å². The van der Waals surface area contributed by atoms with Crippen molar-refractivity contribution in [3.05, 3.63) is 95.6 Å². The smallest absolute Gasteiger partial charge is 0.408 e. The SMILES string of the molecule is O=C(O)C[C@@H]1CCCN1C(=O)C1(NC(=O)OCC2c3ccccc3-c3ccccc32)CCN(Cc2ccccc2)C1. The van der Waals surface area contributed by atoms with Gasteiger partial charge in [-0.25, -0.2) is 4.79 Å². The topological polar surface area (TPSA) is 99.2 Å². The van der Waals surface area contributed by atoms with Gasteiger partial charge in [-0.15, -0.1) is 0 Å². The van der Waals surface area contributed by atoms with E-state index < -0.39 is 17.6 Å². The van der Waals surface area contributed by atoms with Crippen molar-refractivity contribution < 1.29 is 24.2 Å². The van der Waals surface area contributed by atoms with Crippen LogP contribution in [0.5, 0.6) is 0 Å². The fraction of sp³-hybridized carbons (Fsp3) is 0.364.